The number of carbonyl (C=O) groups excluding carboxylic acids is 1. The Morgan fingerprint density at radius 1 is 1.09 bits per heavy atom. The van der Waals surface area contributed by atoms with E-state index < -0.39 is 28.7 Å². The van der Waals surface area contributed by atoms with Crippen molar-refractivity contribution in [3.63, 3.8) is 0 Å². The molecule has 1 aliphatic rings. The molecule has 2 aromatic rings. The van der Waals surface area contributed by atoms with Gasteiger partial charge in [-0.15, -0.1) is 0 Å². The molecule has 0 spiro atoms. The van der Waals surface area contributed by atoms with Crippen molar-refractivity contribution in [2.75, 3.05) is 25.0 Å². The van der Waals surface area contributed by atoms with Gasteiger partial charge < -0.3 is 10.1 Å². The van der Waals surface area contributed by atoms with Gasteiger partial charge in [0.2, 0.25) is 15.9 Å². The molecular weight excluding hydrogens is 469 g/mol. The molecule has 1 fully saturated rings. The van der Waals surface area contributed by atoms with Crippen molar-refractivity contribution in [1.29, 1.82) is 0 Å². The minimum atomic E-state index is -4.52. The molecule has 2 aromatic carbocycles. The summed E-state index contributed by atoms with van der Waals surface area (Å²) in [6.07, 6.45) is -2.47. The van der Waals surface area contributed by atoms with Gasteiger partial charge in [0.1, 0.15) is 5.75 Å². The molecule has 0 atom stereocenters. The Morgan fingerprint density at radius 3 is 2.38 bits per heavy atom. The fourth-order valence-corrected chi connectivity index (χ4v) is 4.95. The number of benzene rings is 2. The third kappa shape index (κ3) is 6.60. The summed E-state index contributed by atoms with van der Waals surface area (Å²) in [7, 11) is -3.50. The van der Waals surface area contributed by atoms with Crippen LogP contribution in [0.2, 0.25) is 5.02 Å². The van der Waals surface area contributed by atoms with Crippen LogP contribution in [0.3, 0.4) is 0 Å². The average Bonchev–Trinajstić information content (AvgIpc) is 3.27. The van der Waals surface area contributed by atoms with E-state index in [4.69, 9.17) is 16.3 Å². The Kier molecular flexibility index (Phi) is 7.68. The summed E-state index contributed by atoms with van der Waals surface area (Å²) in [5, 5.41) is 2.74. The van der Waals surface area contributed by atoms with Crippen LogP contribution < -0.4 is 10.1 Å². The highest BCUT2D eigenvalue weighted by atomic mass is 35.5. The van der Waals surface area contributed by atoms with E-state index in [9.17, 15) is 26.4 Å². The van der Waals surface area contributed by atoms with Crippen molar-refractivity contribution in [3.8, 4) is 5.75 Å². The van der Waals surface area contributed by atoms with Gasteiger partial charge in [-0.2, -0.15) is 17.5 Å². The lowest BCUT2D eigenvalue weighted by Gasteiger charge is -2.15. The number of alkyl halides is 3. The summed E-state index contributed by atoms with van der Waals surface area (Å²) in [6, 6.07) is 10.2. The van der Waals surface area contributed by atoms with Crippen LogP contribution in [0.5, 0.6) is 5.75 Å². The van der Waals surface area contributed by atoms with E-state index >= 15 is 0 Å². The number of sulfonamides is 1. The third-order valence-electron chi connectivity index (χ3n) is 4.87. The lowest BCUT2D eigenvalue weighted by Crippen LogP contribution is -2.27. The van der Waals surface area contributed by atoms with Gasteiger partial charge in [0.15, 0.2) is 6.61 Å². The quantitative estimate of drug-likeness (QED) is 0.585. The molecule has 32 heavy (non-hydrogen) atoms. The number of rotatable bonds is 8. The molecule has 1 saturated heterocycles. The number of halogens is 4. The molecule has 11 heteroatoms. The topological polar surface area (TPSA) is 75.7 Å². The lowest BCUT2D eigenvalue weighted by atomic mass is 10.1. The number of ether oxygens (including phenoxy) is 1. The van der Waals surface area contributed by atoms with Gasteiger partial charge in [0.25, 0.3) is 0 Å². The monoisotopic (exact) mass is 490 g/mol. The number of hydrogen-bond acceptors (Lipinski definition) is 4. The summed E-state index contributed by atoms with van der Waals surface area (Å²) in [6.45, 7) is -0.463. The van der Waals surface area contributed by atoms with Crippen LogP contribution in [-0.4, -0.2) is 44.5 Å². The van der Waals surface area contributed by atoms with Crippen molar-refractivity contribution >= 4 is 33.2 Å². The molecule has 6 nitrogen and oxygen atoms in total. The van der Waals surface area contributed by atoms with Crippen molar-refractivity contribution in [1.82, 2.24) is 4.31 Å². The Hall–Kier alpha value is -2.30. The van der Waals surface area contributed by atoms with Crippen molar-refractivity contribution in [2.24, 2.45) is 0 Å². The van der Waals surface area contributed by atoms with E-state index in [-0.39, 0.29) is 27.8 Å². The van der Waals surface area contributed by atoms with E-state index in [0.29, 0.717) is 19.5 Å². The first-order chi connectivity index (χ1) is 15.0. The van der Waals surface area contributed by atoms with E-state index in [1.807, 2.05) is 0 Å². The van der Waals surface area contributed by atoms with Gasteiger partial charge in [0, 0.05) is 24.5 Å². The second kappa shape index (κ2) is 10.1. The van der Waals surface area contributed by atoms with E-state index in [1.54, 1.807) is 12.1 Å². The highest BCUT2D eigenvalue weighted by Gasteiger charge is 2.29. The molecule has 1 N–H and O–H groups in total. The van der Waals surface area contributed by atoms with Crippen LogP contribution in [0.4, 0.5) is 18.9 Å². The third-order valence-corrected chi connectivity index (χ3v) is 7.02. The number of aryl methyl sites for hydroxylation is 1. The molecule has 0 radical (unpaired) electrons. The highest BCUT2D eigenvalue weighted by molar-refractivity contribution is 7.89. The number of nitrogens with one attached hydrogen (secondary N) is 1. The number of carbonyl (C=O) groups is 1. The Morgan fingerprint density at radius 2 is 1.75 bits per heavy atom. The van der Waals surface area contributed by atoms with Crippen molar-refractivity contribution in [2.45, 2.75) is 36.8 Å². The molecule has 0 bridgehead atoms. The largest absolute Gasteiger partial charge is 0.482 e. The number of hydrogen-bond donors (Lipinski definition) is 1. The smallest absolute Gasteiger partial charge is 0.422 e. The zero-order valence-corrected chi connectivity index (χ0v) is 18.6. The van der Waals surface area contributed by atoms with Crippen molar-refractivity contribution < 1.29 is 31.1 Å². The highest BCUT2D eigenvalue weighted by Crippen LogP contribution is 2.30. The Balaban J connectivity index is 1.59. The minimum Gasteiger partial charge on any atom is -0.482 e. The maximum absolute atomic E-state index is 12.6. The first-order valence-corrected chi connectivity index (χ1v) is 11.7. The molecule has 0 saturated carbocycles. The summed E-state index contributed by atoms with van der Waals surface area (Å²) in [5.41, 5.74) is 0.791. The first kappa shape index (κ1) is 24.3. The summed E-state index contributed by atoms with van der Waals surface area (Å²) in [5.74, 6) is -0.588. The SMILES string of the molecule is O=C(CCc1ccc(S(=O)(=O)N2CCCC2)cc1)Nc1cc(Cl)ccc1OCC(F)(F)F. The second-order valence-electron chi connectivity index (χ2n) is 7.35. The first-order valence-electron chi connectivity index (χ1n) is 9.93. The summed E-state index contributed by atoms with van der Waals surface area (Å²) >= 11 is 5.88. The predicted molar refractivity (Wildman–Crippen MR) is 114 cm³/mol. The van der Waals surface area contributed by atoms with Gasteiger partial charge in [-0.1, -0.05) is 23.7 Å². The minimum absolute atomic E-state index is 0.0312. The molecule has 1 aliphatic heterocycles. The fourth-order valence-electron chi connectivity index (χ4n) is 3.26. The fraction of sp³-hybridized carbons (Fsp3) is 0.381. The molecular formula is C21H22ClF3N2O4S. The second-order valence-corrected chi connectivity index (χ2v) is 9.72. The zero-order valence-electron chi connectivity index (χ0n) is 17.0. The van der Waals surface area contributed by atoms with Gasteiger partial charge in [-0.25, -0.2) is 8.42 Å². The van der Waals surface area contributed by atoms with Gasteiger partial charge in [-0.05, 0) is 55.2 Å². The van der Waals surface area contributed by atoms with Crippen molar-refractivity contribution in [3.05, 3.63) is 53.1 Å². The summed E-state index contributed by atoms with van der Waals surface area (Å²) < 4.78 is 68.6. The van der Waals surface area contributed by atoms with Gasteiger partial charge in [-0.3, -0.25) is 4.79 Å². The predicted octanol–water partition coefficient (Wildman–Crippen LogP) is 4.64. The Labute approximate surface area is 189 Å². The van der Waals surface area contributed by atoms with E-state index in [1.165, 1.54) is 34.6 Å². The molecule has 1 heterocycles. The number of anilines is 1. The van der Waals surface area contributed by atoms with Crippen LogP contribution >= 0.6 is 11.6 Å². The molecule has 0 unspecified atom stereocenters. The molecule has 0 aromatic heterocycles. The zero-order chi connectivity index (χ0) is 23.4. The van der Waals surface area contributed by atoms with E-state index in [0.717, 1.165) is 18.4 Å². The van der Waals surface area contributed by atoms with Crippen LogP contribution in [-0.2, 0) is 21.2 Å². The number of nitrogens with zero attached hydrogens (tertiary/aromatic N) is 1. The van der Waals surface area contributed by atoms with Crippen LogP contribution in [0, 0.1) is 0 Å². The van der Waals surface area contributed by atoms with E-state index in [2.05, 4.69) is 5.32 Å². The molecule has 1 amide bonds. The van der Waals surface area contributed by atoms with Gasteiger partial charge >= 0.3 is 6.18 Å². The van der Waals surface area contributed by atoms with Crippen LogP contribution in [0.15, 0.2) is 47.4 Å². The maximum atomic E-state index is 12.6. The molecule has 174 valence electrons. The van der Waals surface area contributed by atoms with Crippen LogP contribution in [0.25, 0.3) is 0 Å². The van der Waals surface area contributed by atoms with Gasteiger partial charge in [0.05, 0.1) is 10.6 Å². The average molecular weight is 491 g/mol. The summed E-state index contributed by atoms with van der Waals surface area (Å²) in [4.78, 5) is 12.5. The normalized spacial score (nSPS) is 15.0. The van der Waals surface area contributed by atoms with Crippen LogP contribution in [0.1, 0.15) is 24.8 Å². The Bertz CT molecular complexity index is 1050. The number of amides is 1. The molecule has 0 aliphatic carbocycles. The molecule has 3 rings (SSSR count). The maximum Gasteiger partial charge on any atom is 0.422 e. The lowest BCUT2D eigenvalue weighted by molar-refractivity contribution is -0.153. The standard InChI is InChI=1S/C21H22ClF3N2O4S/c22-16-6-9-19(31-14-21(23,24)25)18(13-16)26-20(28)10-5-15-3-7-17(8-4-15)32(29,30)27-11-1-2-12-27/h3-4,6-9,13H,1-2,5,10-12,14H2,(H,26,28).